The van der Waals surface area contributed by atoms with E-state index in [9.17, 15) is 19.2 Å². The minimum absolute atomic E-state index is 0.235. The molecule has 0 aliphatic carbocycles. The van der Waals surface area contributed by atoms with Crippen LogP contribution in [-0.2, 0) is 0 Å². The van der Waals surface area contributed by atoms with E-state index in [1.165, 1.54) is 9.80 Å². The zero-order valence-corrected chi connectivity index (χ0v) is 26.7. The molecule has 0 atom stereocenters. The van der Waals surface area contributed by atoms with Gasteiger partial charge >= 0.3 is 0 Å². The zero-order valence-electron chi connectivity index (χ0n) is 26.7. The van der Waals surface area contributed by atoms with Gasteiger partial charge < -0.3 is 0 Å². The molecule has 2 aliphatic heterocycles. The van der Waals surface area contributed by atoms with Crippen molar-refractivity contribution in [2.24, 2.45) is 5.41 Å². The van der Waals surface area contributed by atoms with Crippen LogP contribution < -0.4 is 0 Å². The van der Waals surface area contributed by atoms with Crippen LogP contribution in [0.4, 0.5) is 0 Å². The standard InChI is InChI=1S/C39H40N2O4/c1-5-6-10-21-40-35(42)27-16-12-23-25-14-18-29-34-30(38(45)41(37(29)44)22-11-8-7-9-20-39(2,3)4)19-15-26(32(25)34)24-13-17-28(36(40)43)33(27)31(23)24/h12-19H,5-11,20-22H2,1-4H3. The van der Waals surface area contributed by atoms with Gasteiger partial charge in [0.05, 0.1) is 0 Å². The minimum Gasteiger partial charge on any atom is -0.274 e. The Morgan fingerprint density at radius 3 is 1.18 bits per heavy atom. The number of carbonyl (C=O) groups excluding carboxylic acids is 4. The first-order valence-electron chi connectivity index (χ1n) is 16.5. The molecule has 0 unspecified atom stereocenters. The number of benzene rings is 5. The van der Waals surface area contributed by atoms with E-state index in [4.69, 9.17) is 0 Å². The van der Waals surface area contributed by atoms with Crippen molar-refractivity contribution >= 4 is 66.7 Å². The molecule has 2 heterocycles. The maximum atomic E-state index is 13.8. The third-order valence-corrected chi connectivity index (χ3v) is 9.85. The molecule has 230 valence electrons. The second-order valence-corrected chi connectivity index (χ2v) is 14.1. The second kappa shape index (κ2) is 10.9. The van der Waals surface area contributed by atoms with Crippen LogP contribution in [0.3, 0.4) is 0 Å². The number of unbranched alkanes of at least 4 members (excludes halogenated alkanes) is 5. The van der Waals surface area contributed by atoms with Gasteiger partial charge in [0.15, 0.2) is 0 Å². The van der Waals surface area contributed by atoms with Gasteiger partial charge in [0, 0.05) is 46.1 Å². The average molecular weight is 601 g/mol. The monoisotopic (exact) mass is 600 g/mol. The van der Waals surface area contributed by atoms with Crippen LogP contribution in [0.15, 0.2) is 48.5 Å². The minimum atomic E-state index is -0.242. The largest absolute Gasteiger partial charge is 0.274 e. The quantitative estimate of drug-likeness (QED) is 0.0693. The van der Waals surface area contributed by atoms with Gasteiger partial charge in [-0.1, -0.05) is 84.1 Å². The van der Waals surface area contributed by atoms with Crippen molar-refractivity contribution < 1.29 is 19.2 Å². The molecule has 0 fully saturated rings. The average Bonchev–Trinajstić information content (AvgIpc) is 3.02. The van der Waals surface area contributed by atoms with Gasteiger partial charge in [0.2, 0.25) is 0 Å². The van der Waals surface area contributed by atoms with Crippen molar-refractivity contribution in [3.05, 3.63) is 70.8 Å². The summed E-state index contributed by atoms with van der Waals surface area (Å²) in [6.07, 6.45) is 7.94. The van der Waals surface area contributed by atoms with Crippen molar-refractivity contribution in [3.63, 3.8) is 0 Å². The first-order chi connectivity index (χ1) is 21.6. The molecule has 0 bridgehead atoms. The Balaban J connectivity index is 1.29. The van der Waals surface area contributed by atoms with Gasteiger partial charge in [0.1, 0.15) is 0 Å². The van der Waals surface area contributed by atoms with E-state index in [2.05, 4.69) is 27.7 Å². The maximum Gasteiger partial charge on any atom is 0.261 e. The van der Waals surface area contributed by atoms with Gasteiger partial charge in [-0.05, 0) is 81.3 Å². The molecule has 5 aromatic carbocycles. The van der Waals surface area contributed by atoms with Gasteiger partial charge in [-0.25, -0.2) is 0 Å². The first kappa shape index (κ1) is 29.4. The summed E-state index contributed by atoms with van der Waals surface area (Å²) >= 11 is 0. The third-order valence-electron chi connectivity index (χ3n) is 9.85. The van der Waals surface area contributed by atoms with Crippen molar-refractivity contribution in [3.8, 4) is 0 Å². The van der Waals surface area contributed by atoms with Crippen LogP contribution in [-0.4, -0.2) is 46.5 Å². The highest BCUT2D eigenvalue weighted by Gasteiger charge is 2.36. The van der Waals surface area contributed by atoms with Crippen LogP contribution in [0.1, 0.15) is 120 Å². The Morgan fingerprint density at radius 1 is 0.467 bits per heavy atom. The van der Waals surface area contributed by atoms with Crippen molar-refractivity contribution in [1.82, 2.24) is 9.80 Å². The van der Waals surface area contributed by atoms with Crippen molar-refractivity contribution in [2.45, 2.75) is 79.1 Å². The number of imide groups is 2. The second-order valence-electron chi connectivity index (χ2n) is 14.1. The van der Waals surface area contributed by atoms with E-state index < -0.39 is 0 Å². The normalized spacial score (nSPS) is 15.2. The molecule has 6 nitrogen and oxygen atoms in total. The molecule has 0 spiro atoms. The summed E-state index contributed by atoms with van der Waals surface area (Å²) in [6, 6.07) is 15.3. The lowest BCUT2D eigenvalue weighted by molar-refractivity contribution is 0.0592. The van der Waals surface area contributed by atoms with Crippen LogP contribution >= 0.6 is 0 Å². The summed E-state index contributed by atoms with van der Waals surface area (Å²) in [7, 11) is 0. The predicted molar refractivity (Wildman–Crippen MR) is 180 cm³/mol. The molecule has 6 heteroatoms. The summed E-state index contributed by atoms with van der Waals surface area (Å²) in [4.78, 5) is 57.6. The fourth-order valence-corrected chi connectivity index (χ4v) is 7.57. The summed E-state index contributed by atoms with van der Waals surface area (Å²) < 4.78 is 0. The number of amides is 4. The Labute approximate surface area is 263 Å². The molecule has 0 radical (unpaired) electrons. The first-order valence-corrected chi connectivity index (χ1v) is 16.5. The summed E-state index contributed by atoms with van der Waals surface area (Å²) in [5.74, 6) is -0.953. The van der Waals surface area contributed by atoms with Gasteiger partial charge in [0.25, 0.3) is 23.6 Å². The number of fused-ring (bicyclic) bond motifs is 2. The van der Waals surface area contributed by atoms with E-state index in [0.717, 1.165) is 83.7 Å². The molecular weight excluding hydrogens is 560 g/mol. The highest BCUT2D eigenvalue weighted by molar-refractivity contribution is 6.41. The van der Waals surface area contributed by atoms with E-state index >= 15 is 0 Å². The number of hydrogen-bond donors (Lipinski definition) is 0. The number of rotatable bonds is 10. The molecule has 7 rings (SSSR count). The third kappa shape index (κ3) is 4.60. The summed E-state index contributed by atoms with van der Waals surface area (Å²) in [5, 5.41) is 6.84. The SMILES string of the molecule is CCCCCN1C(=O)c2ccc3c4ccc5c6c(ccc(c7ccc(c2c37)C1=O)c64)C(=O)N(CCCCCCC(C)(C)C)C5=O. The Morgan fingerprint density at radius 2 is 0.822 bits per heavy atom. The van der Waals surface area contributed by atoms with E-state index in [1.807, 2.05) is 48.5 Å². The zero-order chi connectivity index (χ0) is 31.6. The van der Waals surface area contributed by atoms with Gasteiger partial charge in [-0.2, -0.15) is 0 Å². The molecule has 0 saturated heterocycles. The highest BCUT2D eigenvalue weighted by atomic mass is 16.2. The lowest BCUT2D eigenvalue weighted by Gasteiger charge is -2.30. The van der Waals surface area contributed by atoms with Crippen LogP contribution in [0, 0.1) is 5.41 Å². The Kier molecular flexibility index (Phi) is 7.14. The maximum absolute atomic E-state index is 13.8. The van der Waals surface area contributed by atoms with Crippen LogP contribution in [0.5, 0.6) is 0 Å². The van der Waals surface area contributed by atoms with Crippen LogP contribution in [0.25, 0.3) is 43.1 Å². The van der Waals surface area contributed by atoms with E-state index in [-0.39, 0.29) is 23.6 Å². The topological polar surface area (TPSA) is 74.8 Å². The molecule has 5 aromatic rings. The lowest BCUT2D eigenvalue weighted by Crippen LogP contribution is -2.41. The molecule has 0 saturated carbocycles. The van der Waals surface area contributed by atoms with Crippen molar-refractivity contribution in [2.75, 3.05) is 13.1 Å². The Bertz CT molecular complexity index is 1930. The smallest absolute Gasteiger partial charge is 0.261 e. The van der Waals surface area contributed by atoms with Gasteiger partial charge in [-0.15, -0.1) is 0 Å². The highest BCUT2D eigenvalue weighted by Crippen LogP contribution is 2.46. The lowest BCUT2D eigenvalue weighted by atomic mass is 9.82. The molecule has 4 amide bonds. The molecule has 0 N–H and O–H groups in total. The van der Waals surface area contributed by atoms with E-state index in [0.29, 0.717) is 51.5 Å². The summed E-state index contributed by atoms with van der Waals surface area (Å²) in [5.41, 5.74) is 2.53. The van der Waals surface area contributed by atoms with Crippen molar-refractivity contribution in [1.29, 1.82) is 0 Å². The molecule has 2 aliphatic rings. The molecular formula is C39H40N2O4. The number of hydrogen-bond acceptors (Lipinski definition) is 4. The number of nitrogens with zero attached hydrogens (tertiary/aromatic N) is 2. The predicted octanol–water partition coefficient (Wildman–Crippen LogP) is 9.12. The Hall–Kier alpha value is -4.32. The summed E-state index contributed by atoms with van der Waals surface area (Å²) in [6.45, 7) is 9.69. The van der Waals surface area contributed by atoms with E-state index in [1.54, 1.807) is 0 Å². The van der Waals surface area contributed by atoms with Crippen LogP contribution in [0.2, 0.25) is 0 Å². The van der Waals surface area contributed by atoms with Gasteiger partial charge in [-0.3, -0.25) is 29.0 Å². The molecule has 45 heavy (non-hydrogen) atoms. The molecule has 0 aromatic heterocycles. The fraction of sp³-hybridized carbons (Fsp3) is 0.385. The fourth-order valence-electron chi connectivity index (χ4n) is 7.57. The number of carbonyl (C=O) groups is 4.